The molecule has 0 atom stereocenters. The van der Waals surface area contributed by atoms with Crippen LogP contribution in [0.15, 0.2) is 0 Å². The number of ketones is 1. The van der Waals surface area contributed by atoms with Gasteiger partial charge >= 0.3 is 0 Å². The smallest absolute Gasteiger partial charge is 0.165 e. The second-order valence-electron chi connectivity index (χ2n) is 5.57. The van der Waals surface area contributed by atoms with Crippen LogP contribution in [0.5, 0.6) is 0 Å². The van der Waals surface area contributed by atoms with E-state index in [2.05, 4.69) is 24.9 Å². The summed E-state index contributed by atoms with van der Waals surface area (Å²) in [5, 5.41) is 9.17. The van der Waals surface area contributed by atoms with Crippen LogP contribution in [0.1, 0.15) is 54.4 Å². The summed E-state index contributed by atoms with van der Waals surface area (Å²) < 4.78 is 0.457. The molecule has 1 heterocycles. The molecule has 0 radical (unpaired) electrons. The van der Waals surface area contributed by atoms with Crippen LogP contribution in [0.3, 0.4) is 0 Å². The minimum Gasteiger partial charge on any atom is -0.348 e. The largest absolute Gasteiger partial charge is 0.348 e. The van der Waals surface area contributed by atoms with Crippen LogP contribution in [0.25, 0.3) is 0 Å². The molecule has 3 nitrogen and oxygen atoms in total. The van der Waals surface area contributed by atoms with E-state index in [0.29, 0.717) is 28.6 Å². The van der Waals surface area contributed by atoms with Gasteiger partial charge in [0.25, 0.3) is 0 Å². The first-order valence-corrected chi connectivity index (χ1v) is 6.51. The Hall–Kier alpha value is -1.47. The number of Topliss-reactive ketones (excluding diaryl/α,β-unsaturated/α-hetero) is 1. The van der Waals surface area contributed by atoms with Crippen molar-refractivity contribution < 1.29 is 4.79 Å². The second-order valence-corrected chi connectivity index (χ2v) is 5.98. The number of fused-ring (bicyclic) bond motifs is 1. The molecule has 1 aliphatic rings. The van der Waals surface area contributed by atoms with E-state index in [-0.39, 0.29) is 11.2 Å². The molecule has 18 heavy (non-hydrogen) atoms. The maximum absolute atomic E-state index is 12.3. The molecular weight excluding hydrogens is 244 g/mol. The van der Waals surface area contributed by atoms with E-state index in [1.165, 1.54) is 0 Å². The van der Waals surface area contributed by atoms with Gasteiger partial charge in [-0.1, -0.05) is 33.0 Å². The fourth-order valence-electron chi connectivity index (χ4n) is 2.71. The van der Waals surface area contributed by atoms with E-state index in [9.17, 15) is 10.1 Å². The lowest BCUT2D eigenvalue weighted by atomic mass is 9.74. The molecule has 0 aliphatic heterocycles. The van der Waals surface area contributed by atoms with E-state index >= 15 is 0 Å². The molecule has 1 aromatic rings. The number of hydrogen-bond acceptors (Lipinski definition) is 3. The SMILES string of the molecule is CCc1c2c([nH]c(=S)c1C#N)CC(C)(C)CC2=O. The first-order chi connectivity index (χ1) is 8.39. The molecule has 0 saturated heterocycles. The highest BCUT2D eigenvalue weighted by Gasteiger charge is 2.33. The zero-order chi connectivity index (χ0) is 13.5. The third-order valence-corrected chi connectivity index (χ3v) is 3.74. The molecule has 94 valence electrons. The Labute approximate surface area is 112 Å². The van der Waals surface area contributed by atoms with Crippen LogP contribution in [0.4, 0.5) is 0 Å². The first-order valence-electron chi connectivity index (χ1n) is 6.11. The Balaban J connectivity index is 2.77. The summed E-state index contributed by atoms with van der Waals surface area (Å²) in [5.41, 5.74) is 2.84. The van der Waals surface area contributed by atoms with Crippen molar-refractivity contribution in [2.45, 2.75) is 40.0 Å². The molecule has 0 aromatic carbocycles. The maximum atomic E-state index is 12.3. The fraction of sp³-hybridized carbons (Fsp3) is 0.500. The molecule has 0 amide bonds. The summed E-state index contributed by atoms with van der Waals surface area (Å²) in [5.74, 6) is 0.126. The zero-order valence-electron chi connectivity index (χ0n) is 10.9. The van der Waals surface area contributed by atoms with Crippen LogP contribution in [-0.4, -0.2) is 10.8 Å². The quantitative estimate of drug-likeness (QED) is 0.788. The van der Waals surface area contributed by atoms with Crippen LogP contribution in [0.2, 0.25) is 0 Å². The van der Waals surface area contributed by atoms with Gasteiger partial charge in [0.2, 0.25) is 0 Å². The minimum absolute atomic E-state index is 0.0402. The van der Waals surface area contributed by atoms with Crippen molar-refractivity contribution in [1.82, 2.24) is 4.98 Å². The predicted octanol–water partition coefficient (Wildman–Crippen LogP) is 3.33. The van der Waals surface area contributed by atoms with E-state index in [0.717, 1.165) is 17.7 Å². The van der Waals surface area contributed by atoms with Gasteiger partial charge in [-0.05, 0) is 23.8 Å². The number of nitrogens with zero attached hydrogens (tertiary/aromatic N) is 1. The molecule has 0 fully saturated rings. The fourth-order valence-corrected chi connectivity index (χ4v) is 3.00. The minimum atomic E-state index is -0.0402. The number of H-pyrrole nitrogens is 1. The molecule has 0 unspecified atom stereocenters. The molecule has 4 heteroatoms. The number of nitriles is 1. The standard InChI is InChI=1S/C14H16N2OS/c1-4-8-9(7-15)13(18)16-10-5-14(2,3)6-11(17)12(8)10/h4-6H2,1-3H3,(H,16,18). The van der Waals surface area contributed by atoms with Crippen molar-refractivity contribution in [1.29, 1.82) is 5.26 Å². The lowest BCUT2D eigenvalue weighted by Gasteiger charge is -2.31. The molecule has 0 bridgehead atoms. The summed E-state index contributed by atoms with van der Waals surface area (Å²) >= 11 is 5.21. The van der Waals surface area contributed by atoms with Gasteiger partial charge in [0, 0.05) is 17.7 Å². The second kappa shape index (κ2) is 4.33. The van der Waals surface area contributed by atoms with Crippen molar-refractivity contribution in [2.75, 3.05) is 0 Å². The van der Waals surface area contributed by atoms with Crippen molar-refractivity contribution in [2.24, 2.45) is 5.41 Å². The Morgan fingerprint density at radius 3 is 2.67 bits per heavy atom. The summed E-state index contributed by atoms with van der Waals surface area (Å²) in [7, 11) is 0. The molecule has 1 aliphatic carbocycles. The summed E-state index contributed by atoms with van der Waals surface area (Å²) in [6, 6.07) is 2.12. The topological polar surface area (TPSA) is 56.6 Å². The van der Waals surface area contributed by atoms with E-state index in [1.54, 1.807) is 0 Å². The van der Waals surface area contributed by atoms with Crippen LogP contribution >= 0.6 is 12.2 Å². The highest BCUT2D eigenvalue weighted by atomic mass is 32.1. The Morgan fingerprint density at radius 2 is 2.11 bits per heavy atom. The van der Waals surface area contributed by atoms with Gasteiger partial charge in [-0.15, -0.1) is 0 Å². The third kappa shape index (κ3) is 1.99. The lowest BCUT2D eigenvalue weighted by molar-refractivity contribution is 0.0909. The van der Waals surface area contributed by atoms with Gasteiger partial charge in [0.05, 0.1) is 5.56 Å². The Bertz CT molecular complexity index is 620. The predicted molar refractivity (Wildman–Crippen MR) is 72.2 cm³/mol. The zero-order valence-corrected chi connectivity index (χ0v) is 11.7. The number of nitrogens with one attached hydrogen (secondary N) is 1. The average Bonchev–Trinajstić information content (AvgIpc) is 2.25. The van der Waals surface area contributed by atoms with Crippen LogP contribution in [0, 0.1) is 21.4 Å². The monoisotopic (exact) mass is 260 g/mol. The molecule has 2 rings (SSSR count). The van der Waals surface area contributed by atoms with Crippen molar-refractivity contribution in [3.05, 3.63) is 27.0 Å². The molecule has 0 spiro atoms. The van der Waals surface area contributed by atoms with Gasteiger partial charge in [-0.2, -0.15) is 5.26 Å². The van der Waals surface area contributed by atoms with Crippen LogP contribution in [-0.2, 0) is 12.8 Å². The number of carbonyl (C=O) groups is 1. The van der Waals surface area contributed by atoms with Crippen molar-refractivity contribution >= 4 is 18.0 Å². The summed E-state index contributed by atoms with van der Waals surface area (Å²) in [6.45, 7) is 6.11. The number of aromatic amines is 1. The Morgan fingerprint density at radius 1 is 1.44 bits per heavy atom. The molecule has 1 aromatic heterocycles. The Kier molecular flexibility index (Phi) is 3.12. The van der Waals surface area contributed by atoms with Gasteiger partial charge in [0.15, 0.2) is 5.78 Å². The number of rotatable bonds is 1. The molecule has 1 N–H and O–H groups in total. The molecule has 0 saturated carbocycles. The highest BCUT2D eigenvalue weighted by Crippen LogP contribution is 2.36. The number of carbonyl (C=O) groups excluding carboxylic acids is 1. The average molecular weight is 260 g/mol. The van der Waals surface area contributed by atoms with Crippen molar-refractivity contribution in [3.63, 3.8) is 0 Å². The van der Waals surface area contributed by atoms with E-state index < -0.39 is 0 Å². The number of pyridine rings is 1. The van der Waals surface area contributed by atoms with E-state index in [4.69, 9.17) is 12.2 Å². The third-order valence-electron chi connectivity index (χ3n) is 3.44. The summed E-state index contributed by atoms with van der Waals surface area (Å²) in [6.07, 6.45) is 1.99. The van der Waals surface area contributed by atoms with Crippen LogP contribution < -0.4 is 0 Å². The van der Waals surface area contributed by atoms with Crippen molar-refractivity contribution in [3.8, 4) is 6.07 Å². The lowest BCUT2D eigenvalue weighted by Crippen LogP contribution is -2.29. The normalized spacial score (nSPS) is 17.1. The number of hydrogen-bond donors (Lipinski definition) is 1. The summed E-state index contributed by atoms with van der Waals surface area (Å²) in [4.78, 5) is 15.4. The van der Waals surface area contributed by atoms with Gasteiger partial charge < -0.3 is 4.98 Å². The van der Waals surface area contributed by atoms with E-state index in [1.807, 2.05) is 6.92 Å². The van der Waals surface area contributed by atoms with Gasteiger partial charge in [-0.3, -0.25) is 4.79 Å². The maximum Gasteiger partial charge on any atom is 0.165 e. The van der Waals surface area contributed by atoms with Gasteiger partial charge in [0.1, 0.15) is 10.7 Å². The molecular formula is C14H16N2OS. The van der Waals surface area contributed by atoms with Gasteiger partial charge in [-0.25, -0.2) is 0 Å². The first kappa shape index (κ1) is 13.0. The number of aromatic nitrogens is 1. The highest BCUT2D eigenvalue weighted by molar-refractivity contribution is 7.71.